The topological polar surface area (TPSA) is 79.4 Å². The molecule has 0 aliphatic carbocycles. The lowest BCUT2D eigenvalue weighted by Gasteiger charge is -2.06. The summed E-state index contributed by atoms with van der Waals surface area (Å²) >= 11 is 0. The maximum absolute atomic E-state index is 12.0. The van der Waals surface area contributed by atoms with Crippen molar-refractivity contribution in [3.63, 3.8) is 0 Å². The Hall–Kier alpha value is -4.65. The summed E-state index contributed by atoms with van der Waals surface area (Å²) in [6.07, 6.45) is 5.92. The molecule has 5 rings (SSSR count). The van der Waals surface area contributed by atoms with Gasteiger partial charge in [-0.25, -0.2) is 9.97 Å². The van der Waals surface area contributed by atoms with Gasteiger partial charge < -0.3 is 18.5 Å². The molecule has 3 heterocycles. The Morgan fingerprint density at radius 1 is 0.946 bits per heavy atom. The zero-order valence-electron chi connectivity index (χ0n) is 20.8. The van der Waals surface area contributed by atoms with E-state index in [1.165, 1.54) is 0 Å². The highest BCUT2D eigenvalue weighted by Crippen LogP contribution is 2.32. The second-order valence-electron chi connectivity index (χ2n) is 8.58. The Bertz CT molecular complexity index is 1470. The zero-order chi connectivity index (χ0) is 25.6. The number of esters is 1. The number of hydrogen-bond acceptors (Lipinski definition) is 6. The first-order valence-corrected chi connectivity index (χ1v) is 12.1. The van der Waals surface area contributed by atoms with E-state index in [1.807, 2.05) is 96.7 Å². The van der Waals surface area contributed by atoms with Gasteiger partial charge in [-0.2, -0.15) is 0 Å². The van der Waals surface area contributed by atoms with Crippen molar-refractivity contribution in [1.82, 2.24) is 14.5 Å². The number of carbonyl (C=O) groups excluding carboxylic acids is 1. The molecule has 7 heteroatoms. The molecule has 0 aliphatic rings. The molecule has 5 aromatic rings. The highest BCUT2D eigenvalue weighted by molar-refractivity contribution is 5.77. The smallest absolute Gasteiger partial charge is 0.310 e. The van der Waals surface area contributed by atoms with E-state index in [9.17, 15) is 4.79 Å². The van der Waals surface area contributed by atoms with Crippen LogP contribution in [0.2, 0.25) is 0 Å². The number of benzene rings is 2. The van der Waals surface area contributed by atoms with Crippen molar-refractivity contribution in [3.05, 3.63) is 108 Å². The van der Waals surface area contributed by atoms with E-state index in [0.29, 0.717) is 30.5 Å². The highest BCUT2D eigenvalue weighted by Gasteiger charge is 2.15. The molecular weight excluding hydrogens is 466 g/mol. The fraction of sp³-hybridized carbons (Fsp3) is 0.167. The molecule has 0 fully saturated rings. The summed E-state index contributed by atoms with van der Waals surface area (Å²) in [4.78, 5) is 21.0. The van der Waals surface area contributed by atoms with Crippen molar-refractivity contribution < 1.29 is 18.7 Å². The lowest BCUT2D eigenvalue weighted by atomic mass is 10.1. The number of oxazole rings is 1. The van der Waals surface area contributed by atoms with E-state index in [1.54, 1.807) is 13.1 Å². The van der Waals surface area contributed by atoms with Crippen LogP contribution < -0.4 is 9.47 Å². The highest BCUT2D eigenvalue weighted by atomic mass is 16.5. The van der Waals surface area contributed by atoms with E-state index in [2.05, 4.69) is 9.97 Å². The van der Waals surface area contributed by atoms with Gasteiger partial charge in [0.2, 0.25) is 11.8 Å². The van der Waals surface area contributed by atoms with Crippen LogP contribution in [0, 0.1) is 6.92 Å². The molecule has 2 aromatic carbocycles. The molecule has 186 valence electrons. The molecule has 7 nitrogen and oxygen atoms in total. The lowest BCUT2D eigenvalue weighted by molar-refractivity contribution is -0.133. The van der Waals surface area contributed by atoms with Gasteiger partial charge in [-0.1, -0.05) is 61.5 Å². The molecule has 0 saturated heterocycles. The summed E-state index contributed by atoms with van der Waals surface area (Å²) in [6.45, 7) is 4.49. The summed E-state index contributed by atoms with van der Waals surface area (Å²) in [5.74, 6) is 2.07. The van der Waals surface area contributed by atoms with E-state index in [0.717, 1.165) is 33.7 Å². The van der Waals surface area contributed by atoms with Crippen LogP contribution in [0.1, 0.15) is 30.4 Å². The molecule has 0 atom stereocenters. The number of aryl methyl sites for hydroxylation is 1. The van der Waals surface area contributed by atoms with Gasteiger partial charge in [-0.15, -0.1) is 0 Å². The lowest BCUT2D eigenvalue weighted by Crippen LogP contribution is -2.05. The Balaban J connectivity index is 1.26. The molecular formula is C30H27N3O4. The third-order valence-electron chi connectivity index (χ3n) is 5.87. The fourth-order valence-electron chi connectivity index (χ4n) is 3.90. The predicted octanol–water partition coefficient (Wildman–Crippen LogP) is 6.46. The fourth-order valence-corrected chi connectivity index (χ4v) is 3.90. The standard InChI is InChI=1S/C30H27N3O4/c1-3-29(34)37-27-19-33(18-25(27)23-10-6-4-7-11-23)17-22-14-15-28(31-16-22)35-20-26-21(2)36-30(32-26)24-12-8-5-9-13-24/h4-16,18-19H,3,17,20H2,1-2H3. The number of carbonyl (C=O) groups is 1. The molecule has 37 heavy (non-hydrogen) atoms. The number of rotatable bonds is 9. The second-order valence-corrected chi connectivity index (χ2v) is 8.58. The van der Waals surface area contributed by atoms with Crippen LogP contribution in [-0.2, 0) is 17.9 Å². The average molecular weight is 494 g/mol. The SMILES string of the molecule is CCC(=O)Oc1cn(Cc2ccc(OCc3nc(-c4ccccc4)oc3C)nc2)cc1-c1ccccc1. The van der Waals surface area contributed by atoms with E-state index < -0.39 is 0 Å². The monoisotopic (exact) mass is 493 g/mol. The quantitative estimate of drug-likeness (QED) is 0.219. The largest absolute Gasteiger partial charge is 0.471 e. The van der Waals surface area contributed by atoms with Gasteiger partial charge in [0, 0.05) is 48.7 Å². The van der Waals surface area contributed by atoms with Crippen molar-refractivity contribution in [1.29, 1.82) is 0 Å². The molecule has 3 aromatic heterocycles. The van der Waals surface area contributed by atoms with Crippen molar-refractivity contribution in [3.8, 4) is 34.2 Å². The van der Waals surface area contributed by atoms with Crippen molar-refractivity contribution in [2.45, 2.75) is 33.4 Å². The van der Waals surface area contributed by atoms with Crippen LogP contribution in [-0.4, -0.2) is 20.5 Å². The molecule has 0 aliphatic heterocycles. The summed E-state index contributed by atoms with van der Waals surface area (Å²) in [6, 6.07) is 23.4. The van der Waals surface area contributed by atoms with E-state index >= 15 is 0 Å². The third-order valence-corrected chi connectivity index (χ3v) is 5.87. The number of pyridine rings is 1. The molecule has 0 spiro atoms. The minimum absolute atomic E-state index is 0.263. The van der Waals surface area contributed by atoms with Gasteiger partial charge in [-0.05, 0) is 30.2 Å². The van der Waals surface area contributed by atoms with Gasteiger partial charge in [-0.3, -0.25) is 4.79 Å². The van der Waals surface area contributed by atoms with Crippen LogP contribution in [0.4, 0.5) is 0 Å². The normalized spacial score (nSPS) is 10.9. The second kappa shape index (κ2) is 11.0. The first-order valence-electron chi connectivity index (χ1n) is 12.1. The Morgan fingerprint density at radius 3 is 2.35 bits per heavy atom. The number of ether oxygens (including phenoxy) is 2. The van der Waals surface area contributed by atoms with Crippen molar-refractivity contribution in [2.75, 3.05) is 0 Å². The Morgan fingerprint density at radius 2 is 1.68 bits per heavy atom. The molecule has 0 amide bonds. The third kappa shape index (κ3) is 5.78. The minimum atomic E-state index is -0.267. The summed E-state index contributed by atoms with van der Waals surface area (Å²) in [5.41, 5.74) is 4.50. The van der Waals surface area contributed by atoms with Crippen molar-refractivity contribution in [2.24, 2.45) is 0 Å². The molecule has 0 saturated carbocycles. The average Bonchev–Trinajstić information content (AvgIpc) is 3.51. The Labute approximate surface area is 215 Å². The van der Waals surface area contributed by atoms with Crippen LogP contribution in [0.3, 0.4) is 0 Å². The van der Waals surface area contributed by atoms with Crippen LogP contribution in [0.25, 0.3) is 22.6 Å². The van der Waals surface area contributed by atoms with Gasteiger partial charge in [0.25, 0.3) is 0 Å². The van der Waals surface area contributed by atoms with Gasteiger partial charge in [0.05, 0.1) is 0 Å². The summed E-state index contributed by atoms with van der Waals surface area (Å²) in [5, 5.41) is 0. The number of hydrogen-bond donors (Lipinski definition) is 0. The maximum atomic E-state index is 12.0. The molecule has 0 radical (unpaired) electrons. The van der Waals surface area contributed by atoms with Gasteiger partial charge in [0.1, 0.15) is 18.1 Å². The molecule has 0 N–H and O–H groups in total. The number of nitrogens with zero attached hydrogens (tertiary/aromatic N) is 3. The van der Waals surface area contributed by atoms with Crippen molar-refractivity contribution >= 4 is 5.97 Å². The van der Waals surface area contributed by atoms with Crippen LogP contribution in [0.15, 0.2) is 95.8 Å². The first-order chi connectivity index (χ1) is 18.1. The molecule has 0 bridgehead atoms. The Kier molecular flexibility index (Phi) is 7.12. The molecule has 0 unspecified atom stereocenters. The van der Waals surface area contributed by atoms with Gasteiger partial charge in [0.15, 0.2) is 5.75 Å². The summed E-state index contributed by atoms with van der Waals surface area (Å²) < 4.78 is 19.2. The van der Waals surface area contributed by atoms with E-state index in [4.69, 9.17) is 13.9 Å². The minimum Gasteiger partial charge on any atom is -0.471 e. The maximum Gasteiger partial charge on any atom is 0.310 e. The number of aromatic nitrogens is 3. The first kappa shape index (κ1) is 24.1. The van der Waals surface area contributed by atoms with Crippen LogP contribution in [0.5, 0.6) is 11.6 Å². The summed E-state index contributed by atoms with van der Waals surface area (Å²) in [7, 11) is 0. The zero-order valence-corrected chi connectivity index (χ0v) is 20.8. The predicted molar refractivity (Wildman–Crippen MR) is 140 cm³/mol. The van der Waals surface area contributed by atoms with E-state index in [-0.39, 0.29) is 12.6 Å². The van der Waals surface area contributed by atoms with Crippen LogP contribution >= 0.6 is 0 Å². The van der Waals surface area contributed by atoms with Gasteiger partial charge >= 0.3 is 5.97 Å².